The van der Waals surface area contributed by atoms with Gasteiger partial charge in [0.15, 0.2) is 0 Å². The maximum atomic E-state index is 11.9. The predicted octanol–water partition coefficient (Wildman–Crippen LogP) is 2.04. The van der Waals surface area contributed by atoms with Crippen LogP contribution in [0.25, 0.3) is 0 Å². The van der Waals surface area contributed by atoms with Crippen LogP contribution in [0.4, 0.5) is 9.59 Å². The fraction of sp³-hybridized carbons (Fsp3) is 0.643. The Kier molecular flexibility index (Phi) is 6.21. The zero-order valence-corrected chi connectivity index (χ0v) is 13.0. The molecular weight excluding hydrogens is 294 g/mol. The molecule has 1 saturated heterocycles. The number of rotatable bonds is 5. The van der Waals surface area contributed by atoms with Crippen molar-refractivity contribution in [3.05, 3.63) is 12.2 Å². The number of amides is 1. The fourth-order valence-corrected chi connectivity index (χ4v) is 1.59. The van der Waals surface area contributed by atoms with Gasteiger partial charge in [0.25, 0.3) is 0 Å². The van der Waals surface area contributed by atoms with E-state index in [9.17, 15) is 14.4 Å². The van der Waals surface area contributed by atoms with Crippen molar-refractivity contribution in [1.29, 1.82) is 0 Å². The number of carbonyl (C=O) groups is 3. The summed E-state index contributed by atoms with van der Waals surface area (Å²) in [6, 6.07) is 0. The number of cyclic esters (lactones) is 2. The molecule has 1 fully saturated rings. The third-order valence-electron chi connectivity index (χ3n) is 3.28. The molecule has 1 rings (SSSR count). The van der Waals surface area contributed by atoms with Crippen molar-refractivity contribution < 1.29 is 33.4 Å². The van der Waals surface area contributed by atoms with Gasteiger partial charge in [-0.05, 0) is 20.3 Å². The highest BCUT2D eigenvalue weighted by atomic mass is 16.8. The molecule has 0 N–H and O–H groups in total. The van der Waals surface area contributed by atoms with Crippen LogP contribution in [0, 0.1) is 5.41 Å². The van der Waals surface area contributed by atoms with E-state index in [2.05, 4.69) is 6.58 Å². The molecule has 8 heteroatoms. The molecular formula is C14H21NO7. The minimum atomic E-state index is -0.804. The smallest absolute Gasteiger partial charge is 0.446 e. The Morgan fingerprint density at radius 3 is 2.36 bits per heavy atom. The van der Waals surface area contributed by atoms with Crippen LogP contribution in [0.1, 0.15) is 27.2 Å². The highest BCUT2D eigenvalue weighted by Crippen LogP contribution is 2.27. The monoisotopic (exact) mass is 315 g/mol. The Morgan fingerprint density at radius 2 is 1.91 bits per heavy atom. The summed E-state index contributed by atoms with van der Waals surface area (Å²) in [7, 11) is 0. The van der Waals surface area contributed by atoms with Gasteiger partial charge in [0.1, 0.15) is 19.8 Å². The second-order valence-electron chi connectivity index (χ2n) is 5.09. The predicted molar refractivity (Wildman–Crippen MR) is 74.7 cm³/mol. The van der Waals surface area contributed by atoms with Gasteiger partial charge in [-0.2, -0.15) is 0 Å². The first-order valence-corrected chi connectivity index (χ1v) is 6.95. The summed E-state index contributed by atoms with van der Waals surface area (Å²) >= 11 is 0. The summed E-state index contributed by atoms with van der Waals surface area (Å²) < 4.78 is 14.8. The first-order valence-electron chi connectivity index (χ1n) is 6.95. The van der Waals surface area contributed by atoms with Gasteiger partial charge >= 0.3 is 18.2 Å². The zero-order chi connectivity index (χ0) is 16.8. The van der Waals surface area contributed by atoms with Crippen LogP contribution in [0.2, 0.25) is 0 Å². The number of hydrogen-bond acceptors (Lipinski definition) is 7. The lowest BCUT2D eigenvalue weighted by atomic mass is 9.87. The van der Waals surface area contributed by atoms with Crippen molar-refractivity contribution in [3.63, 3.8) is 0 Å². The summed E-state index contributed by atoms with van der Waals surface area (Å²) in [5.74, 6) is -0.709. The van der Waals surface area contributed by atoms with E-state index in [0.29, 0.717) is 6.42 Å². The average molecular weight is 315 g/mol. The highest BCUT2D eigenvalue weighted by Gasteiger charge is 2.38. The Morgan fingerprint density at radius 1 is 1.32 bits per heavy atom. The molecule has 1 aliphatic rings. The molecule has 0 aliphatic carbocycles. The summed E-state index contributed by atoms with van der Waals surface area (Å²) in [4.78, 5) is 39.1. The topological polar surface area (TPSA) is 91.4 Å². The number of hydroxylamine groups is 2. The molecule has 0 radical (unpaired) electrons. The summed E-state index contributed by atoms with van der Waals surface area (Å²) in [6.45, 7) is 8.73. The van der Waals surface area contributed by atoms with Crippen LogP contribution in [-0.4, -0.2) is 49.6 Å². The number of carbonyl (C=O) groups excluding carboxylic acids is 3. The third-order valence-corrected chi connectivity index (χ3v) is 3.28. The molecule has 0 aromatic rings. The molecule has 1 heterocycles. The fourth-order valence-electron chi connectivity index (χ4n) is 1.59. The molecule has 0 aromatic heterocycles. The van der Waals surface area contributed by atoms with Gasteiger partial charge in [0.2, 0.25) is 0 Å². The van der Waals surface area contributed by atoms with Crippen molar-refractivity contribution in [2.24, 2.45) is 5.41 Å². The van der Waals surface area contributed by atoms with Gasteiger partial charge in [-0.25, -0.2) is 14.4 Å². The standard InChI is InChI=1S/C14H21NO7/c1-5-14(8-20-13(18)21-9-14)7-19-12(17)15(6-2)22-11(16)10(3)4/h3,5-9H2,1-2,4H3. The minimum absolute atomic E-state index is 0.0171. The van der Waals surface area contributed by atoms with Crippen molar-refractivity contribution >= 4 is 18.2 Å². The lowest BCUT2D eigenvalue weighted by molar-refractivity contribution is -0.177. The van der Waals surface area contributed by atoms with Crippen molar-refractivity contribution in [2.75, 3.05) is 26.4 Å². The molecule has 0 unspecified atom stereocenters. The molecule has 0 bridgehead atoms. The first kappa shape index (κ1) is 17.8. The molecule has 0 aromatic carbocycles. The zero-order valence-electron chi connectivity index (χ0n) is 13.0. The number of ether oxygens (including phenoxy) is 3. The first-order chi connectivity index (χ1) is 10.3. The van der Waals surface area contributed by atoms with Crippen LogP contribution >= 0.6 is 0 Å². The van der Waals surface area contributed by atoms with Gasteiger partial charge in [0.05, 0.1) is 12.0 Å². The largest absolute Gasteiger partial charge is 0.508 e. The van der Waals surface area contributed by atoms with Crippen LogP contribution < -0.4 is 0 Å². The van der Waals surface area contributed by atoms with Crippen molar-refractivity contribution in [2.45, 2.75) is 27.2 Å². The van der Waals surface area contributed by atoms with Crippen molar-refractivity contribution in [3.8, 4) is 0 Å². The minimum Gasteiger partial charge on any atom is -0.446 e. The molecule has 8 nitrogen and oxygen atoms in total. The van der Waals surface area contributed by atoms with Gasteiger partial charge in [-0.1, -0.05) is 13.5 Å². The van der Waals surface area contributed by atoms with E-state index in [4.69, 9.17) is 19.0 Å². The molecule has 0 atom stereocenters. The third kappa shape index (κ3) is 4.64. The van der Waals surface area contributed by atoms with E-state index in [0.717, 1.165) is 5.06 Å². The SMILES string of the molecule is C=C(C)C(=O)ON(CC)C(=O)OCC1(CC)COC(=O)OC1. The second kappa shape index (κ2) is 7.67. The molecule has 0 saturated carbocycles. The Balaban J connectivity index is 2.56. The van der Waals surface area contributed by atoms with Crippen LogP contribution in [0.3, 0.4) is 0 Å². The molecule has 22 heavy (non-hydrogen) atoms. The normalized spacial score (nSPS) is 16.0. The van der Waals surface area contributed by atoms with E-state index in [1.165, 1.54) is 6.92 Å². The van der Waals surface area contributed by atoms with Gasteiger partial charge in [0, 0.05) is 5.57 Å². The Bertz CT molecular complexity index is 450. The highest BCUT2D eigenvalue weighted by molar-refractivity contribution is 5.87. The quantitative estimate of drug-likeness (QED) is 0.435. The van der Waals surface area contributed by atoms with Crippen LogP contribution in [-0.2, 0) is 23.8 Å². The molecule has 0 spiro atoms. The second-order valence-corrected chi connectivity index (χ2v) is 5.09. The Labute approximate surface area is 128 Å². The maximum Gasteiger partial charge on any atom is 0.508 e. The van der Waals surface area contributed by atoms with Gasteiger partial charge in [-0.3, -0.25) is 0 Å². The van der Waals surface area contributed by atoms with E-state index in [1.807, 2.05) is 6.92 Å². The van der Waals surface area contributed by atoms with E-state index in [1.54, 1.807) is 6.92 Å². The van der Waals surface area contributed by atoms with E-state index in [-0.39, 0.29) is 31.9 Å². The van der Waals surface area contributed by atoms with E-state index >= 15 is 0 Å². The molecule has 1 amide bonds. The number of nitrogens with zero attached hydrogens (tertiary/aromatic N) is 1. The number of hydrogen-bond donors (Lipinski definition) is 0. The Hall–Kier alpha value is -2.25. The van der Waals surface area contributed by atoms with Crippen molar-refractivity contribution in [1.82, 2.24) is 5.06 Å². The van der Waals surface area contributed by atoms with Gasteiger partial charge in [-0.15, -0.1) is 5.06 Å². The van der Waals surface area contributed by atoms with Crippen LogP contribution in [0.5, 0.6) is 0 Å². The lowest BCUT2D eigenvalue weighted by Gasteiger charge is -2.34. The van der Waals surface area contributed by atoms with E-state index < -0.39 is 23.6 Å². The lowest BCUT2D eigenvalue weighted by Crippen LogP contribution is -2.44. The summed E-state index contributed by atoms with van der Waals surface area (Å²) in [5.41, 5.74) is -0.426. The summed E-state index contributed by atoms with van der Waals surface area (Å²) in [6.07, 6.45) is -0.951. The summed E-state index contributed by atoms with van der Waals surface area (Å²) in [5, 5.41) is 0.802. The van der Waals surface area contributed by atoms with Crippen LogP contribution in [0.15, 0.2) is 12.2 Å². The molecule has 1 aliphatic heterocycles. The van der Waals surface area contributed by atoms with Gasteiger partial charge < -0.3 is 19.0 Å². The molecule has 124 valence electrons. The maximum absolute atomic E-state index is 11.9. The average Bonchev–Trinajstić information content (AvgIpc) is 2.51.